The number of nitrogens with zero attached hydrogens (tertiary/aromatic N) is 1. The highest BCUT2D eigenvalue weighted by molar-refractivity contribution is 6.34. The summed E-state index contributed by atoms with van der Waals surface area (Å²) < 4.78 is 0. The van der Waals surface area contributed by atoms with Crippen LogP contribution in [0.1, 0.15) is 24.2 Å². The lowest BCUT2D eigenvalue weighted by molar-refractivity contribution is 0.102. The van der Waals surface area contributed by atoms with E-state index in [0.29, 0.717) is 22.2 Å². The molecule has 5 heteroatoms. The number of aromatic nitrogens is 1. The molecule has 0 saturated carbocycles. The van der Waals surface area contributed by atoms with Crippen molar-refractivity contribution in [2.45, 2.75) is 13.8 Å². The van der Waals surface area contributed by atoms with E-state index in [9.17, 15) is 4.79 Å². The van der Waals surface area contributed by atoms with Crippen molar-refractivity contribution in [3.05, 3.63) is 53.2 Å². The van der Waals surface area contributed by atoms with Gasteiger partial charge in [0.15, 0.2) is 0 Å². The SMILES string of the molecule is CC(C)CNc1ccc(NC(=O)c2ccccc2Cl)cn1. The molecular weight excluding hydrogens is 286 g/mol. The molecule has 0 radical (unpaired) electrons. The van der Waals surface area contributed by atoms with Crippen LogP contribution in [0, 0.1) is 5.92 Å². The maximum absolute atomic E-state index is 12.1. The molecule has 110 valence electrons. The van der Waals surface area contributed by atoms with Crippen LogP contribution in [0.5, 0.6) is 0 Å². The summed E-state index contributed by atoms with van der Waals surface area (Å²) in [6, 6.07) is 10.6. The molecule has 21 heavy (non-hydrogen) atoms. The number of benzene rings is 1. The predicted octanol–water partition coefficient (Wildman–Crippen LogP) is 4.06. The second-order valence-electron chi connectivity index (χ2n) is 5.14. The fourth-order valence-electron chi connectivity index (χ4n) is 1.72. The molecule has 1 aromatic heterocycles. The van der Waals surface area contributed by atoms with Gasteiger partial charge < -0.3 is 10.6 Å². The number of rotatable bonds is 5. The van der Waals surface area contributed by atoms with E-state index in [1.165, 1.54) is 0 Å². The lowest BCUT2D eigenvalue weighted by atomic mass is 10.2. The summed E-state index contributed by atoms with van der Waals surface area (Å²) in [6.07, 6.45) is 1.62. The first-order valence-electron chi connectivity index (χ1n) is 6.82. The highest BCUT2D eigenvalue weighted by Crippen LogP contribution is 2.17. The van der Waals surface area contributed by atoms with E-state index in [1.54, 1.807) is 30.5 Å². The van der Waals surface area contributed by atoms with Gasteiger partial charge in [-0.25, -0.2) is 4.98 Å². The van der Waals surface area contributed by atoms with Crippen LogP contribution in [0.4, 0.5) is 11.5 Å². The van der Waals surface area contributed by atoms with Gasteiger partial charge in [0.2, 0.25) is 0 Å². The highest BCUT2D eigenvalue weighted by Gasteiger charge is 2.09. The Morgan fingerprint density at radius 2 is 2.00 bits per heavy atom. The fraction of sp³-hybridized carbons (Fsp3) is 0.250. The number of anilines is 2. The zero-order chi connectivity index (χ0) is 15.2. The minimum absolute atomic E-state index is 0.245. The van der Waals surface area contributed by atoms with Crippen molar-refractivity contribution in [2.24, 2.45) is 5.92 Å². The molecule has 0 aliphatic heterocycles. The number of pyridine rings is 1. The van der Waals surface area contributed by atoms with Crippen LogP contribution in [0.15, 0.2) is 42.6 Å². The molecule has 0 fully saturated rings. The van der Waals surface area contributed by atoms with E-state index in [-0.39, 0.29) is 5.91 Å². The van der Waals surface area contributed by atoms with E-state index in [1.807, 2.05) is 12.1 Å². The van der Waals surface area contributed by atoms with E-state index in [4.69, 9.17) is 11.6 Å². The number of hydrogen-bond acceptors (Lipinski definition) is 3. The maximum Gasteiger partial charge on any atom is 0.257 e. The predicted molar refractivity (Wildman–Crippen MR) is 87.0 cm³/mol. The van der Waals surface area contributed by atoms with Gasteiger partial charge >= 0.3 is 0 Å². The van der Waals surface area contributed by atoms with Crippen LogP contribution in [-0.2, 0) is 0 Å². The van der Waals surface area contributed by atoms with Gasteiger partial charge in [-0.15, -0.1) is 0 Å². The van der Waals surface area contributed by atoms with Gasteiger partial charge in [-0.3, -0.25) is 4.79 Å². The van der Waals surface area contributed by atoms with Gasteiger partial charge in [0, 0.05) is 6.54 Å². The van der Waals surface area contributed by atoms with Crippen LogP contribution in [0.2, 0.25) is 5.02 Å². The van der Waals surface area contributed by atoms with Gasteiger partial charge in [0.25, 0.3) is 5.91 Å². The lowest BCUT2D eigenvalue weighted by Crippen LogP contribution is -2.13. The summed E-state index contributed by atoms with van der Waals surface area (Å²) in [5, 5.41) is 6.43. The summed E-state index contributed by atoms with van der Waals surface area (Å²) in [7, 11) is 0. The molecule has 0 aliphatic rings. The Hall–Kier alpha value is -2.07. The average Bonchev–Trinajstić information content (AvgIpc) is 2.47. The van der Waals surface area contributed by atoms with Crippen molar-refractivity contribution in [3.63, 3.8) is 0 Å². The van der Waals surface area contributed by atoms with Crippen LogP contribution >= 0.6 is 11.6 Å². The molecule has 0 saturated heterocycles. The number of carbonyl (C=O) groups excluding carboxylic acids is 1. The van der Waals surface area contributed by atoms with Crippen molar-refractivity contribution >= 4 is 29.0 Å². The van der Waals surface area contributed by atoms with Gasteiger partial charge in [0.05, 0.1) is 22.5 Å². The Morgan fingerprint density at radius 1 is 1.24 bits per heavy atom. The third-order valence-corrected chi connectivity index (χ3v) is 3.16. The highest BCUT2D eigenvalue weighted by atomic mass is 35.5. The fourth-order valence-corrected chi connectivity index (χ4v) is 1.95. The number of halogens is 1. The maximum atomic E-state index is 12.1. The van der Waals surface area contributed by atoms with Crippen molar-refractivity contribution in [3.8, 4) is 0 Å². The quantitative estimate of drug-likeness (QED) is 0.876. The number of hydrogen-bond donors (Lipinski definition) is 2. The van der Waals surface area contributed by atoms with Gasteiger partial charge in [-0.1, -0.05) is 37.6 Å². The van der Waals surface area contributed by atoms with Crippen LogP contribution in [-0.4, -0.2) is 17.4 Å². The topological polar surface area (TPSA) is 54.0 Å². The third-order valence-electron chi connectivity index (χ3n) is 2.83. The molecule has 4 nitrogen and oxygen atoms in total. The molecule has 0 atom stereocenters. The van der Waals surface area contributed by atoms with E-state index >= 15 is 0 Å². The largest absolute Gasteiger partial charge is 0.370 e. The second kappa shape index (κ2) is 7.09. The molecule has 1 heterocycles. The van der Waals surface area contributed by atoms with Crippen molar-refractivity contribution in [2.75, 3.05) is 17.2 Å². The van der Waals surface area contributed by atoms with E-state index in [2.05, 4.69) is 29.5 Å². The molecule has 1 aromatic carbocycles. The van der Waals surface area contributed by atoms with Gasteiger partial charge in [-0.2, -0.15) is 0 Å². The van der Waals surface area contributed by atoms with Crippen LogP contribution < -0.4 is 10.6 Å². The standard InChI is InChI=1S/C16H18ClN3O/c1-11(2)9-18-15-8-7-12(10-19-15)20-16(21)13-5-3-4-6-14(13)17/h3-8,10-11H,9H2,1-2H3,(H,18,19)(H,20,21). The Morgan fingerprint density at radius 3 is 2.62 bits per heavy atom. The molecule has 0 spiro atoms. The summed E-state index contributed by atoms with van der Waals surface area (Å²) in [6.45, 7) is 5.12. The molecule has 0 bridgehead atoms. The lowest BCUT2D eigenvalue weighted by Gasteiger charge is -2.09. The third kappa shape index (κ3) is 4.46. The molecule has 2 aromatic rings. The number of carbonyl (C=O) groups is 1. The summed E-state index contributed by atoms with van der Waals surface area (Å²) >= 11 is 5.99. The Balaban J connectivity index is 2.00. The minimum atomic E-state index is -0.245. The molecular formula is C16H18ClN3O. The Labute approximate surface area is 129 Å². The van der Waals surface area contributed by atoms with Crippen LogP contribution in [0.25, 0.3) is 0 Å². The second-order valence-corrected chi connectivity index (χ2v) is 5.55. The van der Waals surface area contributed by atoms with Gasteiger partial charge in [-0.05, 0) is 30.2 Å². The van der Waals surface area contributed by atoms with E-state index in [0.717, 1.165) is 12.4 Å². The first-order chi connectivity index (χ1) is 10.1. The summed E-state index contributed by atoms with van der Waals surface area (Å²) in [5.74, 6) is 1.09. The van der Waals surface area contributed by atoms with Crippen molar-refractivity contribution in [1.29, 1.82) is 0 Å². The zero-order valence-corrected chi connectivity index (χ0v) is 12.8. The Kier molecular flexibility index (Phi) is 5.17. The molecule has 0 aliphatic carbocycles. The molecule has 1 amide bonds. The Bertz CT molecular complexity index is 611. The average molecular weight is 304 g/mol. The first kappa shape index (κ1) is 15.3. The normalized spacial score (nSPS) is 10.5. The molecule has 2 N–H and O–H groups in total. The number of amides is 1. The first-order valence-corrected chi connectivity index (χ1v) is 7.20. The monoisotopic (exact) mass is 303 g/mol. The van der Waals surface area contributed by atoms with Crippen molar-refractivity contribution in [1.82, 2.24) is 4.98 Å². The van der Waals surface area contributed by atoms with Crippen LogP contribution in [0.3, 0.4) is 0 Å². The summed E-state index contributed by atoms with van der Waals surface area (Å²) in [4.78, 5) is 16.4. The summed E-state index contributed by atoms with van der Waals surface area (Å²) in [5.41, 5.74) is 1.08. The zero-order valence-electron chi connectivity index (χ0n) is 12.1. The molecule has 2 rings (SSSR count). The minimum Gasteiger partial charge on any atom is -0.370 e. The van der Waals surface area contributed by atoms with Crippen molar-refractivity contribution < 1.29 is 4.79 Å². The van der Waals surface area contributed by atoms with Gasteiger partial charge in [0.1, 0.15) is 5.82 Å². The molecule has 0 unspecified atom stereocenters. The smallest absolute Gasteiger partial charge is 0.257 e. The number of nitrogens with one attached hydrogen (secondary N) is 2. The van der Waals surface area contributed by atoms with E-state index < -0.39 is 0 Å².